The molecule has 0 bridgehead atoms. The van der Waals surface area contributed by atoms with Gasteiger partial charge in [0.05, 0.1) is 6.61 Å². The molecule has 0 unspecified atom stereocenters. The van der Waals surface area contributed by atoms with Gasteiger partial charge >= 0.3 is 0 Å². The third-order valence-electron chi connectivity index (χ3n) is 2.54. The van der Waals surface area contributed by atoms with Gasteiger partial charge in [-0.2, -0.15) is 0 Å². The summed E-state index contributed by atoms with van der Waals surface area (Å²) in [7, 11) is 1.84. The molecule has 1 aromatic heterocycles. The van der Waals surface area contributed by atoms with Crippen LogP contribution in [0.4, 0.5) is 5.82 Å². The van der Waals surface area contributed by atoms with Gasteiger partial charge < -0.3 is 10.1 Å². The minimum atomic E-state index is 0.742. The number of hydrogen-bond acceptors (Lipinski definition) is 4. The van der Waals surface area contributed by atoms with E-state index in [4.69, 9.17) is 4.74 Å². The third kappa shape index (κ3) is 2.77. The van der Waals surface area contributed by atoms with E-state index in [0.717, 1.165) is 35.9 Å². The number of benzene rings is 1. The summed E-state index contributed by atoms with van der Waals surface area (Å²) >= 11 is 0. The first-order chi connectivity index (χ1) is 8.85. The predicted molar refractivity (Wildman–Crippen MR) is 72.8 cm³/mol. The molecule has 0 saturated carbocycles. The Bertz CT molecular complexity index is 497. The molecule has 0 fully saturated rings. The lowest BCUT2D eigenvalue weighted by atomic mass is 10.1. The number of hydrogen-bond donors (Lipinski definition) is 1. The van der Waals surface area contributed by atoms with Gasteiger partial charge in [-0.1, -0.05) is 6.92 Å². The number of ether oxygens (including phenoxy) is 1. The second kappa shape index (κ2) is 6.00. The fourth-order valence-electron chi connectivity index (χ4n) is 1.66. The van der Waals surface area contributed by atoms with Gasteiger partial charge in [0.2, 0.25) is 0 Å². The van der Waals surface area contributed by atoms with Crippen molar-refractivity contribution in [2.75, 3.05) is 19.0 Å². The maximum absolute atomic E-state index is 5.55. The van der Waals surface area contributed by atoms with Crippen LogP contribution < -0.4 is 10.1 Å². The van der Waals surface area contributed by atoms with Gasteiger partial charge in [-0.05, 0) is 30.7 Å². The number of rotatable bonds is 5. The van der Waals surface area contributed by atoms with Gasteiger partial charge in [-0.15, -0.1) is 0 Å². The van der Waals surface area contributed by atoms with Crippen LogP contribution in [0.3, 0.4) is 0 Å². The van der Waals surface area contributed by atoms with E-state index >= 15 is 0 Å². The molecule has 0 aliphatic heterocycles. The summed E-state index contributed by atoms with van der Waals surface area (Å²) < 4.78 is 5.55. The monoisotopic (exact) mass is 243 g/mol. The first-order valence-electron chi connectivity index (χ1n) is 6.07. The van der Waals surface area contributed by atoms with Crippen molar-refractivity contribution in [2.45, 2.75) is 13.3 Å². The molecule has 0 atom stereocenters. The maximum atomic E-state index is 5.55. The highest BCUT2D eigenvalue weighted by molar-refractivity contribution is 5.71. The number of aromatic nitrogens is 2. The molecule has 0 saturated heterocycles. The normalized spacial score (nSPS) is 10.1. The first kappa shape index (κ1) is 12.4. The molecule has 4 heteroatoms. The first-order valence-corrected chi connectivity index (χ1v) is 6.07. The van der Waals surface area contributed by atoms with E-state index < -0.39 is 0 Å². The van der Waals surface area contributed by atoms with Crippen molar-refractivity contribution in [1.29, 1.82) is 0 Å². The Balaban J connectivity index is 2.23. The Labute approximate surface area is 107 Å². The summed E-state index contributed by atoms with van der Waals surface area (Å²) in [6.07, 6.45) is 4.38. The summed E-state index contributed by atoms with van der Waals surface area (Å²) in [5, 5.41) is 3.04. The molecule has 1 N–H and O–H groups in total. The number of nitrogens with zero attached hydrogens (tertiary/aromatic N) is 2. The largest absolute Gasteiger partial charge is 0.494 e. The van der Waals surface area contributed by atoms with Crippen molar-refractivity contribution in [2.24, 2.45) is 0 Å². The summed E-state index contributed by atoms with van der Waals surface area (Å²) in [5.41, 5.74) is 1.87. The van der Waals surface area contributed by atoms with Gasteiger partial charge in [0.1, 0.15) is 11.4 Å². The molecule has 1 aromatic carbocycles. The molecule has 4 nitrogen and oxygen atoms in total. The van der Waals surface area contributed by atoms with Crippen molar-refractivity contribution < 1.29 is 4.74 Å². The van der Waals surface area contributed by atoms with Gasteiger partial charge in [0.25, 0.3) is 0 Å². The van der Waals surface area contributed by atoms with Crippen molar-refractivity contribution in [3.63, 3.8) is 0 Å². The van der Waals surface area contributed by atoms with E-state index in [1.807, 2.05) is 31.3 Å². The van der Waals surface area contributed by atoms with Crippen molar-refractivity contribution in [3.8, 4) is 17.0 Å². The minimum absolute atomic E-state index is 0.742. The SMILES string of the molecule is CCCOc1ccc(-c2nccnc2NC)cc1. The van der Waals surface area contributed by atoms with Gasteiger partial charge in [-0.25, -0.2) is 4.98 Å². The molecule has 0 aliphatic rings. The Hall–Kier alpha value is -2.10. The van der Waals surface area contributed by atoms with Crippen molar-refractivity contribution >= 4 is 5.82 Å². The van der Waals surface area contributed by atoms with E-state index in [1.54, 1.807) is 12.4 Å². The molecule has 0 aliphatic carbocycles. The Morgan fingerprint density at radius 1 is 1.11 bits per heavy atom. The van der Waals surface area contributed by atoms with E-state index in [9.17, 15) is 0 Å². The van der Waals surface area contributed by atoms with Crippen molar-refractivity contribution in [1.82, 2.24) is 9.97 Å². The van der Waals surface area contributed by atoms with Crippen LogP contribution in [-0.2, 0) is 0 Å². The highest BCUT2D eigenvalue weighted by Crippen LogP contribution is 2.25. The highest BCUT2D eigenvalue weighted by atomic mass is 16.5. The van der Waals surface area contributed by atoms with E-state index in [1.165, 1.54) is 0 Å². The maximum Gasteiger partial charge on any atom is 0.152 e. The quantitative estimate of drug-likeness (QED) is 0.877. The van der Waals surface area contributed by atoms with Crippen LogP contribution in [0.15, 0.2) is 36.7 Å². The summed E-state index contributed by atoms with van der Waals surface area (Å²) in [5.74, 6) is 1.66. The van der Waals surface area contributed by atoms with Crippen molar-refractivity contribution in [3.05, 3.63) is 36.7 Å². The van der Waals surface area contributed by atoms with Crippen LogP contribution >= 0.6 is 0 Å². The van der Waals surface area contributed by atoms with E-state index in [0.29, 0.717) is 0 Å². The standard InChI is InChI=1S/C14H17N3O/c1-3-10-18-12-6-4-11(5-7-12)13-14(15-2)17-9-8-16-13/h4-9H,3,10H2,1-2H3,(H,15,17). The summed E-state index contributed by atoms with van der Waals surface area (Å²) in [4.78, 5) is 8.59. The fourth-order valence-corrected chi connectivity index (χ4v) is 1.66. The Morgan fingerprint density at radius 3 is 2.50 bits per heavy atom. The van der Waals surface area contributed by atoms with Gasteiger partial charge in [-0.3, -0.25) is 4.98 Å². The minimum Gasteiger partial charge on any atom is -0.494 e. The van der Waals surface area contributed by atoms with Gasteiger partial charge in [0.15, 0.2) is 5.82 Å². The number of nitrogens with one attached hydrogen (secondary N) is 1. The van der Waals surface area contributed by atoms with Crippen LogP contribution in [0.2, 0.25) is 0 Å². The zero-order chi connectivity index (χ0) is 12.8. The Kier molecular flexibility index (Phi) is 4.12. The second-order valence-electron chi connectivity index (χ2n) is 3.88. The van der Waals surface area contributed by atoms with E-state index in [-0.39, 0.29) is 0 Å². The molecule has 2 rings (SSSR count). The average Bonchev–Trinajstić information content (AvgIpc) is 2.45. The third-order valence-corrected chi connectivity index (χ3v) is 2.54. The summed E-state index contributed by atoms with van der Waals surface area (Å²) in [6.45, 7) is 2.83. The topological polar surface area (TPSA) is 47.0 Å². The van der Waals surface area contributed by atoms with Crippen LogP contribution in [0.5, 0.6) is 5.75 Å². The zero-order valence-electron chi connectivity index (χ0n) is 10.7. The van der Waals surface area contributed by atoms with Crippen LogP contribution in [0.25, 0.3) is 11.3 Å². The average molecular weight is 243 g/mol. The summed E-state index contributed by atoms with van der Waals surface area (Å²) in [6, 6.07) is 7.91. The van der Waals surface area contributed by atoms with E-state index in [2.05, 4.69) is 22.2 Å². The molecule has 1 heterocycles. The van der Waals surface area contributed by atoms with Crippen LogP contribution in [-0.4, -0.2) is 23.6 Å². The molecule has 18 heavy (non-hydrogen) atoms. The molecule has 0 spiro atoms. The molecule has 0 radical (unpaired) electrons. The van der Waals surface area contributed by atoms with Crippen LogP contribution in [0, 0.1) is 0 Å². The molecule has 94 valence electrons. The molecular formula is C14H17N3O. The Morgan fingerprint density at radius 2 is 1.83 bits per heavy atom. The molecule has 2 aromatic rings. The molecule has 0 amide bonds. The second-order valence-corrected chi connectivity index (χ2v) is 3.88. The highest BCUT2D eigenvalue weighted by Gasteiger charge is 2.06. The van der Waals surface area contributed by atoms with Gasteiger partial charge in [0, 0.05) is 25.0 Å². The smallest absolute Gasteiger partial charge is 0.152 e. The zero-order valence-corrected chi connectivity index (χ0v) is 10.7. The molecular weight excluding hydrogens is 226 g/mol. The fraction of sp³-hybridized carbons (Fsp3) is 0.286. The lowest BCUT2D eigenvalue weighted by Gasteiger charge is -2.08. The predicted octanol–water partition coefficient (Wildman–Crippen LogP) is 2.97. The number of anilines is 1. The lowest BCUT2D eigenvalue weighted by Crippen LogP contribution is -1.98. The van der Waals surface area contributed by atoms with Crippen LogP contribution in [0.1, 0.15) is 13.3 Å². The lowest BCUT2D eigenvalue weighted by molar-refractivity contribution is 0.317.